The van der Waals surface area contributed by atoms with Crippen molar-refractivity contribution in [1.82, 2.24) is 4.98 Å². The molecule has 1 aromatic heterocycles. The number of benzene rings is 2. The van der Waals surface area contributed by atoms with Crippen molar-refractivity contribution in [3.8, 4) is 0 Å². The molecule has 3 aromatic rings. The van der Waals surface area contributed by atoms with E-state index < -0.39 is 23.5 Å². The molecule has 0 unspecified atom stereocenters. The lowest BCUT2D eigenvalue weighted by Crippen LogP contribution is -2.25. The second-order valence-corrected chi connectivity index (χ2v) is 5.08. The van der Waals surface area contributed by atoms with Crippen LogP contribution >= 0.6 is 0 Å². The van der Waals surface area contributed by atoms with E-state index in [9.17, 15) is 18.7 Å². The van der Waals surface area contributed by atoms with Crippen LogP contribution in [0.2, 0.25) is 0 Å². The van der Waals surface area contributed by atoms with Crippen LogP contribution in [0.3, 0.4) is 0 Å². The molecule has 3 nitrogen and oxygen atoms in total. The Balaban J connectivity index is 2.16. The van der Waals surface area contributed by atoms with Gasteiger partial charge in [0.15, 0.2) is 0 Å². The fourth-order valence-electron chi connectivity index (χ4n) is 2.72. The average Bonchev–Trinajstić information content (AvgIpc) is 2.89. The van der Waals surface area contributed by atoms with Gasteiger partial charge >= 0.3 is 0 Å². The van der Waals surface area contributed by atoms with Gasteiger partial charge in [-0.25, -0.2) is 8.78 Å². The van der Waals surface area contributed by atoms with Gasteiger partial charge in [-0.1, -0.05) is 24.3 Å². The Morgan fingerprint density at radius 3 is 2.64 bits per heavy atom. The minimum Gasteiger partial charge on any atom is -0.550 e. The van der Waals surface area contributed by atoms with E-state index in [2.05, 4.69) is 4.98 Å². The summed E-state index contributed by atoms with van der Waals surface area (Å²) in [7, 11) is 0. The van der Waals surface area contributed by atoms with Crippen molar-refractivity contribution in [2.45, 2.75) is 12.3 Å². The molecule has 0 amide bonds. The molecule has 5 heteroatoms. The molecule has 112 valence electrons. The number of carbonyl (C=O) groups is 1. The molecule has 1 atom stereocenters. The number of aliphatic carboxylic acids is 1. The van der Waals surface area contributed by atoms with Crippen molar-refractivity contribution in [3.05, 3.63) is 71.4 Å². The van der Waals surface area contributed by atoms with Gasteiger partial charge in [0.05, 0.1) is 0 Å². The Bertz CT molecular complexity index is 842. The number of H-pyrrole nitrogens is 1. The minimum absolute atomic E-state index is 0.135. The lowest BCUT2D eigenvalue weighted by molar-refractivity contribution is -0.305. The first-order valence-corrected chi connectivity index (χ1v) is 6.77. The predicted molar refractivity (Wildman–Crippen MR) is 76.1 cm³/mol. The molecule has 0 saturated carbocycles. The Kier molecular flexibility index (Phi) is 3.63. The molecule has 0 bridgehead atoms. The Morgan fingerprint density at radius 1 is 1.14 bits per heavy atom. The van der Waals surface area contributed by atoms with Crippen LogP contribution in [0.1, 0.15) is 23.5 Å². The lowest BCUT2D eigenvalue weighted by Gasteiger charge is -2.18. The third-order valence-corrected chi connectivity index (χ3v) is 3.71. The maximum atomic E-state index is 14.1. The third-order valence-electron chi connectivity index (χ3n) is 3.71. The van der Waals surface area contributed by atoms with Gasteiger partial charge in [-0.3, -0.25) is 0 Å². The van der Waals surface area contributed by atoms with E-state index in [1.807, 2.05) is 24.3 Å². The van der Waals surface area contributed by atoms with E-state index in [4.69, 9.17) is 0 Å². The van der Waals surface area contributed by atoms with Crippen LogP contribution in [0.4, 0.5) is 8.78 Å². The molecule has 0 radical (unpaired) electrons. The summed E-state index contributed by atoms with van der Waals surface area (Å²) in [6, 6.07) is 10.5. The van der Waals surface area contributed by atoms with Crippen LogP contribution in [0.5, 0.6) is 0 Å². The van der Waals surface area contributed by atoms with Crippen LogP contribution in [-0.2, 0) is 4.79 Å². The largest absolute Gasteiger partial charge is 0.550 e. The summed E-state index contributed by atoms with van der Waals surface area (Å²) < 4.78 is 27.2. The first-order valence-electron chi connectivity index (χ1n) is 6.77. The fourth-order valence-corrected chi connectivity index (χ4v) is 2.72. The highest BCUT2D eigenvalue weighted by Gasteiger charge is 2.21. The van der Waals surface area contributed by atoms with Gasteiger partial charge in [-0.2, -0.15) is 0 Å². The second-order valence-electron chi connectivity index (χ2n) is 5.08. The second kappa shape index (κ2) is 5.60. The zero-order valence-corrected chi connectivity index (χ0v) is 11.5. The van der Waals surface area contributed by atoms with E-state index in [-0.39, 0.29) is 12.0 Å². The number of carbonyl (C=O) groups excluding carboxylic acids is 1. The molecule has 0 spiro atoms. The van der Waals surface area contributed by atoms with Crippen molar-refractivity contribution in [1.29, 1.82) is 0 Å². The van der Waals surface area contributed by atoms with Crippen molar-refractivity contribution < 1.29 is 18.7 Å². The van der Waals surface area contributed by atoms with Gasteiger partial charge in [0.25, 0.3) is 0 Å². The summed E-state index contributed by atoms with van der Waals surface area (Å²) in [5, 5.41) is 11.9. The molecule has 22 heavy (non-hydrogen) atoms. The summed E-state index contributed by atoms with van der Waals surface area (Å²) in [4.78, 5) is 14.1. The van der Waals surface area contributed by atoms with E-state index in [1.165, 1.54) is 6.07 Å². The Morgan fingerprint density at radius 2 is 1.91 bits per heavy atom. The SMILES string of the molecule is O=C([O-])C[C@H](c1ccc(F)cc1F)c1c[nH]c2ccccc12. The van der Waals surface area contributed by atoms with Gasteiger partial charge in [0.1, 0.15) is 11.6 Å². The van der Waals surface area contributed by atoms with Crippen molar-refractivity contribution in [3.63, 3.8) is 0 Å². The normalized spacial score (nSPS) is 12.5. The van der Waals surface area contributed by atoms with Crippen molar-refractivity contribution >= 4 is 16.9 Å². The molecular weight excluding hydrogens is 288 g/mol. The number of para-hydroxylation sites is 1. The van der Waals surface area contributed by atoms with E-state index in [0.29, 0.717) is 5.56 Å². The Hall–Kier alpha value is -2.69. The highest BCUT2D eigenvalue weighted by atomic mass is 19.1. The lowest BCUT2D eigenvalue weighted by atomic mass is 9.88. The number of hydrogen-bond acceptors (Lipinski definition) is 2. The highest BCUT2D eigenvalue weighted by molar-refractivity contribution is 5.85. The molecule has 0 saturated heterocycles. The van der Waals surface area contributed by atoms with Gasteiger partial charge in [0.2, 0.25) is 0 Å². The zero-order chi connectivity index (χ0) is 15.7. The van der Waals surface area contributed by atoms with E-state index in [0.717, 1.165) is 23.0 Å². The van der Waals surface area contributed by atoms with Crippen LogP contribution in [-0.4, -0.2) is 11.0 Å². The number of aromatic amines is 1. The standard InChI is InChI=1S/C17H13F2NO2/c18-10-5-6-11(15(19)7-10)13(8-17(21)22)14-9-20-16-4-2-1-3-12(14)16/h1-7,9,13,20H,8H2,(H,21,22)/p-1/t13-/m1/s1. The number of carboxylic acids is 1. The van der Waals surface area contributed by atoms with E-state index >= 15 is 0 Å². The maximum absolute atomic E-state index is 14.1. The molecule has 0 aliphatic carbocycles. The number of nitrogens with one attached hydrogen (secondary N) is 1. The number of carboxylic acid groups (broad SMARTS) is 1. The summed E-state index contributed by atoms with van der Waals surface area (Å²) in [6.45, 7) is 0. The number of hydrogen-bond donors (Lipinski definition) is 1. The smallest absolute Gasteiger partial charge is 0.129 e. The van der Waals surface area contributed by atoms with Gasteiger partial charge in [-0.05, 0) is 29.7 Å². The average molecular weight is 300 g/mol. The van der Waals surface area contributed by atoms with Gasteiger partial charge in [0, 0.05) is 35.1 Å². The number of halogens is 2. The van der Waals surface area contributed by atoms with Crippen LogP contribution in [0.15, 0.2) is 48.7 Å². The zero-order valence-electron chi connectivity index (χ0n) is 11.5. The first kappa shape index (κ1) is 14.3. The van der Waals surface area contributed by atoms with Gasteiger partial charge < -0.3 is 14.9 Å². The molecular formula is C17H12F2NO2-. The quantitative estimate of drug-likeness (QED) is 0.805. The third kappa shape index (κ3) is 2.57. The van der Waals surface area contributed by atoms with Crippen LogP contribution < -0.4 is 5.11 Å². The predicted octanol–water partition coefficient (Wildman–Crippen LogP) is 2.72. The first-order chi connectivity index (χ1) is 10.6. The van der Waals surface area contributed by atoms with Crippen molar-refractivity contribution in [2.75, 3.05) is 0 Å². The topological polar surface area (TPSA) is 55.9 Å². The monoisotopic (exact) mass is 300 g/mol. The summed E-state index contributed by atoms with van der Waals surface area (Å²) >= 11 is 0. The summed E-state index contributed by atoms with van der Waals surface area (Å²) in [5.41, 5.74) is 1.60. The molecule has 0 aliphatic rings. The summed E-state index contributed by atoms with van der Waals surface area (Å²) in [5.74, 6) is -3.51. The number of rotatable bonds is 4. The Labute approximate surface area is 125 Å². The van der Waals surface area contributed by atoms with Crippen molar-refractivity contribution in [2.24, 2.45) is 0 Å². The molecule has 3 rings (SSSR count). The summed E-state index contributed by atoms with van der Waals surface area (Å²) in [6.07, 6.45) is 1.27. The molecule has 1 N–H and O–H groups in total. The minimum atomic E-state index is -1.29. The molecule has 2 aromatic carbocycles. The van der Waals surface area contributed by atoms with Crippen LogP contribution in [0, 0.1) is 11.6 Å². The number of fused-ring (bicyclic) bond motifs is 1. The number of aromatic nitrogens is 1. The molecule has 0 aliphatic heterocycles. The van der Waals surface area contributed by atoms with E-state index in [1.54, 1.807) is 6.20 Å². The highest BCUT2D eigenvalue weighted by Crippen LogP contribution is 2.34. The van der Waals surface area contributed by atoms with Gasteiger partial charge in [-0.15, -0.1) is 0 Å². The maximum Gasteiger partial charge on any atom is 0.129 e. The molecule has 1 heterocycles. The molecule has 0 fully saturated rings. The van der Waals surface area contributed by atoms with Crippen LogP contribution in [0.25, 0.3) is 10.9 Å². The fraction of sp³-hybridized carbons (Fsp3) is 0.118.